The van der Waals surface area contributed by atoms with Crippen molar-refractivity contribution in [1.29, 1.82) is 0 Å². The van der Waals surface area contributed by atoms with Gasteiger partial charge in [-0.05, 0) is 13.8 Å². The second-order valence-corrected chi connectivity index (χ2v) is 5.82. The van der Waals surface area contributed by atoms with Gasteiger partial charge in [-0.2, -0.15) is 0 Å². The molecule has 0 radical (unpaired) electrons. The molecule has 6 atom stereocenters. The minimum Gasteiger partial charge on any atom is -0.462 e. The maximum atomic E-state index is 12.3. The Labute approximate surface area is 134 Å². The van der Waals surface area contributed by atoms with Gasteiger partial charge >= 0.3 is 17.9 Å². The number of fused-ring (bicyclic) bond motifs is 1. The normalized spacial score (nSPS) is 37.0. The lowest BCUT2D eigenvalue weighted by atomic mass is 9.82. The molecule has 0 bridgehead atoms. The van der Waals surface area contributed by atoms with Crippen LogP contribution in [0.25, 0.3) is 0 Å². The molecule has 7 heteroatoms. The quantitative estimate of drug-likeness (QED) is 0.436. The van der Waals surface area contributed by atoms with E-state index in [1.165, 1.54) is 13.8 Å². The summed E-state index contributed by atoms with van der Waals surface area (Å²) < 4.78 is 21.8. The van der Waals surface area contributed by atoms with Crippen molar-refractivity contribution < 1.29 is 33.3 Å². The first kappa shape index (κ1) is 17.5. The summed E-state index contributed by atoms with van der Waals surface area (Å²) in [6, 6.07) is 0. The van der Waals surface area contributed by atoms with Crippen molar-refractivity contribution in [2.24, 2.45) is 5.92 Å². The fourth-order valence-corrected chi connectivity index (χ4v) is 3.11. The van der Waals surface area contributed by atoms with E-state index in [-0.39, 0.29) is 6.10 Å². The molecule has 7 nitrogen and oxygen atoms in total. The summed E-state index contributed by atoms with van der Waals surface area (Å²) in [6.07, 6.45) is 0.831. The van der Waals surface area contributed by atoms with Crippen LogP contribution in [0.5, 0.6) is 0 Å². The molecule has 0 amide bonds. The lowest BCUT2D eigenvalue weighted by Gasteiger charge is -2.46. The largest absolute Gasteiger partial charge is 0.462 e. The minimum atomic E-state index is -0.934. The molecule has 0 spiro atoms. The molecule has 2 heterocycles. The molecule has 2 rings (SSSR count). The van der Waals surface area contributed by atoms with E-state index in [2.05, 4.69) is 0 Å². The van der Waals surface area contributed by atoms with Crippen LogP contribution in [0, 0.1) is 5.92 Å². The first-order valence-corrected chi connectivity index (χ1v) is 7.66. The van der Waals surface area contributed by atoms with Gasteiger partial charge in [-0.15, -0.1) is 0 Å². The molecule has 2 aliphatic rings. The zero-order valence-corrected chi connectivity index (χ0v) is 13.7. The van der Waals surface area contributed by atoms with Gasteiger partial charge in [0.15, 0.2) is 12.2 Å². The molecule has 0 saturated carbocycles. The van der Waals surface area contributed by atoms with Crippen LogP contribution in [-0.4, -0.2) is 48.4 Å². The standard InChI is InChI=1S/C16H22O7/c1-5-6-11-14(21-9(3)17)15(22-10(4)18)13-12(23-11)7-8(2)20-16(13)19/h5-6,8,11-15H,7H2,1-4H3/b6-5+/t8-,11-,12+,13-,14-,15-/m1/s1. The number of ether oxygens (including phenoxy) is 4. The van der Waals surface area contributed by atoms with Crippen LogP contribution < -0.4 is 0 Å². The third-order valence-corrected chi connectivity index (χ3v) is 3.87. The average Bonchev–Trinajstić information content (AvgIpc) is 2.41. The van der Waals surface area contributed by atoms with Gasteiger partial charge in [0.2, 0.25) is 0 Å². The SMILES string of the molecule is C/C=C/[C@H]1O[C@H]2C[C@@H](C)OC(=O)[C@H]2[C@@H](OC(C)=O)[C@@H]1OC(C)=O. The summed E-state index contributed by atoms with van der Waals surface area (Å²) in [6.45, 7) is 6.08. The molecule has 0 aromatic carbocycles. The van der Waals surface area contributed by atoms with Crippen LogP contribution >= 0.6 is 0 Å². The molecule has 2 aliphatic heterocycles. The van der Waals surface area contributed by atoms with E-state index in [1.54, 1.807) is 26.0 Å². The number of cyclic esters (lactones) is 1. The van der Waals surface area contributed by atoms with E-state index in [4.69, 9.17) is 18.9 Å². The molecule has 0 aromatic heterocycles. The Hall–Kier alpha value is -1.89. The van der Waals surface area contributed by atoms with Gasteiger partial charge in [-0.3, -0.25) is 14.4 Å². The van der Waals surface area contributed by atoms with Gasteiger partial charge in [-0.25, -0.2) is 0 Å². The van der Waals surface area contributed by atoms with Crippen LogP contribution in [0.4, 0.5) is 0 Å². The highest BCUT2D eigenvalue weighted by Crippen LogP contribution is 2.37. The second-order valence-electron chi connectivity index (χ2n) is 5.82. The van der Waals surface area contributed by atoms with Gasteiger partial charge in [-0.1, -0.05) is 12.2 Å². The lowest BCUT2D eigenvalue weighted by molar-refractivity contribution is -0.237. The van der Waals surface area contributed by atoms with Gasteiger partial charge in [0, 0.05) is 20.3 Å². The van der Waals surface area contributed by atoms with E-state index in [0.29, 0.717) is 6.42 Å². The summed E-state index contributed by atoms with van der Waals surface area (Å²) in [5, 5.41) is 0. The third kappa shape index (κ3) is 3.90. The maximum Gasteiger partial charge on any atom is 0.315 e. The predicted molar refractivity (Wildman–Crippen MR) is 78.2 cm³/mol. The van der Waals surface area contributed by atoms with Gasteiger partial charge in [0.1, 0.15) is 18.1 Å². The first-order chi connectivity index (χ1) is 10.8. The third-order valence-electron chi connectivity index (χ3n) is 3.87. The van der Waals surface area contributed by atoms with Crippen molar-refractivity contribution in [3.8, 4) is 0 Å². The first-order valence-electron chi connectivity index (χ1n) is 7.66. The Morgan fingerprint density at radius 3 is 2.35 bits per heavy atom. The van der Waals surface area contributed by atoms with Crippen LogP contribution in [0.1, 0.15) is 34.1 Å². The minimum absolute atomic E-state index is 0.279. The van der Waals surface area contributed by atoms with Crippen molar-refractivity contribution in [2.75, 3.05) is 0 Å². The fourth-order valence-electron chi connectivity index (χ4n) is 3.11. The van der Waals surface area contributed by atoms with E-state index in [1.807, 2.05) is 0 Å². The van der Waals surface area contributed by atoms with E-state index in [9.17, 15) is 14.4 Å². The fraction of sp³-hybridized carbons (Fsp3) is 0.688. The lowest BCUT2D eigenvalue weighted by Crippen LogP contribution is -2.61. The highest BCUT2D eigenvalue weighted by atomic mass is 16.6. The Bertz CT molecular complexity index is 513. The summed E-state index contributed by atoms with van der Waals surface area (Å²) in [5.41, 5.74) is 0. The van der Waals surface area contributed by atoms with Crippen molar-refractivity contribution in [3.05, 3.63) is 12.2 Å². The molecule has 2 fully saturated rings. The summed E-state index contributed by atoms with van der Waals surface area (Å²) in [7, 11) is 0. The maximum absolute atomic E-state index is 12.3. The molecular weight excluding hydrogens is 304 g/mol. The number of carbonyl (C=O) groups is 3. The molecule has 0 aromatic rings. The summed E-state index contributed by atoms with van der Waals surface area (Å²) in [4.78, 5) is 35.2. The molecule has 0 aliphatic carbocycles. The Morgan fingerprint density at radius 2 is 1.78 bits per heavy atom. The number of rotatable bonds is 3. The Kier molecular flexibility index (Phi) is 5.41. The Morgan fingerprint density at radius 1 is 1.17 bits per heavy atom. The van der Waals surface area contributed by atoms with E-state index < -0.39 is 48.2 Å². The van der Waals surface area contributed by atoms with Crippen molar-refractivity contribution in [1.82, 2.24) is 0 Å². The van der Waals surface area contributed by atoms with E-state index >= 15 is 0 Å². The summed E-state index contributed by atoms with van der Waals surface area (Å²) >= 11 is 0. The van der Waals surface area contributed by atoms with Gasteiger partial charge < -0.3 is 18.9 Å². The number of esters is 3. The summed E-state index contributed by atoms with van der Waals surface area (Å²) in [5.74, 6) is -2.41. The van der Waals surface area contributed by atoms with E-state index in [0.717, 1.165) is 0 Å². The molecule has 128 valence electrons. The predicted octanol–water partition coefficient (Wildman–Crippen LogP) is 1.14. The topological polar surface area (TPSA) is 88.1 Å². The number of hydrogen-bond donors (Lipinski definition) is 0. The molecule has 0 N–H and O–H groups in total. The van der Waals surface area contributed by atoms with Crippen molar-refractivity contribution in [2.45, 2.75) is 64.6 Å². The monoisotopic (exact) mass is 326 g/mol. The Balaban J connectivity index is 2.37. The zero-order chi connectivity index (χ0) is 17.1. The number of carbonyl (C=O) groups excluding carboxylic acids is 3. The second kappa shape index (κ2) is 7.12. The number of hydrogen-bond acceptors (Lipinski definition) is 7. The molecular formula is C16H22O7. The molecule has 2 saturated heterocycles. The van der Waals surface area contributed by atoms with Gasteiger partial charge in [0.25, 0.3) is 0 Å². The van der Waals surface area contributed by atoms with Crippen molar-refractivity contribution in [3.63, 3.8) is 0 Å². The highest BCUT2D eigenvalue weighted by molar-refractivity contribution is 5.76. The van der Waals surface area contributed by atoms with Crippen LogP contribution in [0.15, 0.2) is 12.2 Å². The van der Waals surface area contributed by atoms with Crippen LogP contribution in [0.3, 0.4) is 0 Å². The number of allylic oxidation sites excluding steroid dienone is 1. The van der Waals surface area contributed by atoms with Crippen LogP contribution in [-0.2, 0) is 33.3 Å². The highest BCUT2D eigenvalue weighted by Gasteiger charge is 2.55. The zero-order valence-electron chi connectivity index (χ0n) is 13.7. The molecule has 23 heavy (non-hydrogen) atoms. The van der Waals surface area contributed by atoms with Crippen LogP contribution in [0.2, 0.25) is 0 Å². The van der Waals surface area contributed by atoms with Crippen molar-refractivity contribution >= 4 is 17.9 Å². The average molecular weight is 326 g/mol. The molecule has 0 unspecified atom stereocenters. The smallest absolute Gasteiger partial charge is 0.315 e. The van der Waals surface area contributed by atoms with Gasteiger partial charge in [0.05, 0.1) is 6.10 Å².